The van der Waals surface area contributed by atoms with Crippen LogP contribution in [0.15, 0.2) is 18.5 Å². The van der Waals surface area contributed by atoms with Crippen molar-refractivity contribution in [3.05, 3.63) is 29.6 Å². The fourth-order valence-corrected chi connectivity index (χ4v) is 1.60. The van der Waals surface area contributed by atoms with E-state index < -0.39 is 0 Å². The maximum absolute atomic E-state index is 4.20. The van der Waals surface area contributed by atoms with Gasteiger partial charge in [-0.1, -0.05) is 27.2 Å². The van der Waals surface area contributed by atoms with Gasteiger partial charge in [0, 0.05) is 12.4 Å². The van der Waals surface area contributed by atoms with Crippen LogP contribution in [0.5, 0.6) is 0 Å². The van der Waals surface area contributed by atoms with E-state index in [1.165, 1.54) is 30.4 Å². The Bertz CT molecular complexity index is 255. The summed E-state index contributed by atoms with van der Waals surface area (Å²) < 4.78 is 0. The lowest BCUT2D eigenvalue weighted by molar-refractivity contribution is 0.713. The largest absolute Gasteiger partial charge is 0.264 e. The average molecular weight is 177 g/mol. The topological polar surface area (TPSA) is 12.9 Å². The number of hydrogen-bond donors (Lipinski definition) is 0. The summed E-state index contributed by atoms with van der Waals surface area (Å²) in [5, 5.41) is 0. The Kier molecular flexibility index (Phi) is 3.94. The van der Waals surface area contributed by atoms with Gasteiger partial charge < -0.3 is 0 Å². The monoisotopic (exact) mass is 177 g/mol. The fourth-order valence-electron chi connectivity index (χ4n) is 1.60. The molecule has 72 valence electrons. The molecule has 0 aliphatic carbocycles. The van der Waals surface area contributed by atoms with E-state index in [0.717, 1.165) is 0 Å². The van der Waals surface area contributed by atoms with Crippen molar-refractivity contribution in [1.29, 1.82) is 0 Å². The van der Waals surface area contributed by atoms with Crippen LogP contribution in [0, 0.1) is 0 Å². The summed E-state index contributed by atoms with van der Waals surface area (Å²) in [4.78, 5) is 4.20. The number of rotatable bonds is 4. The van der Waals surface area contributed by atoms with Crippen molar-refractivity contribution in [3.63, 3.8) is 0 Å². The molecular formula is C12H19N. The highest BCUT2D eigenvalue weighted by molar-refractivity contribution is 5.26. The van der Waals surface area contributed by atoms with Crippen LogP contribution in [0.2, 0.25) is 0 Å². The molecule has 0 spiro atoms. The third-order valence-corrected chi connectivity index (χ3v) is 2.61. The molecule has 0 aliphatic rings. The summed E-state index contributed by atoms with van der Waals surface area (Å²) >= 11 is 0. The van der Waals surface area contributed by atoms with Crippen LogP contribution < -0.4 is 0 Å². The highest BCUT2D eigenvalue weighted by Gasteiger charge is 2.07. The molecule has 0 saturated carbocycles. The van der Waals surface area contributed by atoms with Crippen molar-refractivity contribution in [2.24, 2.45) is 0 Å². The van der Waals surface area contributed by atoms with Crippen LogP contribution in [-0.2, 0) is 6.42 Å². The van der Waals surface area contributed by atoms with Crippen molar-refractivity contribution in [1.82, 2.24) is 4.98 Å². The van der Waals surface area contributed by atoms with E-state index >= 15 is 0 Å². The second-order valence-electron chi connectivity index (χ2n) is 3.63. The van der Waals surface area contributed by atoms with Gasteiger partial charge in [-0.3, -0.25) is 4.98 Å². The zero-order chi connectivity index (χ0) is 9.68. The number of pyridine rings is 1. The lowest BCUT2D eigenvalue weighted by Gasteiger charge is -2.13. The molecule has 0 aromatic carbocycles. The first kappa shape index (κ1) is 10.2. The summed E-state index contributed by atoms with van der Waals surface area (Å²) in [5.74, 6) is 0.648. The Labute approximate surface area is 81.2 Å². The molecule has 0 bridgehead atoms. The van der Waals surface area contributed by atoms with E-state index in [4.69, 9.17) is 0 Å². The molecule has 1 aromatic heterocycles. The molecule has 13 heavy (non-hydrogen) atoms. The highest BCUT2D eigenvalue weighted by atomic mass is 14.6. The molecule has 1 rings (SSSR count). The average Bonchev–Trinajstić information content (AvgIpc) is 2.18. The Morgan fingerprint density at radius 3 is 2.77 bits per heavy atom. The SMILES string of the molecule is CCCc1ccncc1C(C)CC. The Morgan fingerprint density at radius 2 is 2.15 bits per heavy atom. The number of nitrogens with zero attached hydrogens (tertiary/aromatic N) is 1. The second-order valence-corrected chi connectivity index (χ2v) is 3.63. The minimum absolute atomic E-state index is 0.648. The second kappa shape index (κ2) is 5.00. The molecule has 0 N–H and O–H groups in total. The summed E-state index contributed by atoms with van der Waals surface area (Å²) in [6.07, 6.45) is 7.52. The van der Waals surface area contributed by atoms with Crippen LogP contribution >= 0.6 is 0 Å². The molecule has 1 aromatic rings. The van der Waals surface area contributed by atoms with Gasteiger partial charge in [0.05, 0.1) is 0 Å². The first-order chi connectivity index (χ1) is 6.29. The highest BCUT2D eigenvalue weighted by Crippen LogP contribution is 2.22. The molecule has 1 heteroatoms. The van der Waals surface area contributed by atoms with E-state index in [-0.39, 0.29) is 0 Å². The number of aryl methyl sites for hydroxylation is 1. The molecule has 0 amide bonds. The predicted molar refractivity (Wildman–Crippen MR) is 56.9 cm³/mol. The normalized spacial score (nSPS) is 12.8. The zero-order valence-electron chi connectivity index (χ0n) is 8.88. The van der Waals surface area contributed by atoms with Crippen LogP contribution in [0.1, 0.15) is 50.7 Å². The van der Waals surface area contributed by atoms with Gasteiger partial charge in [-0.2, -0.15) is 0 Å². The Balaban J connectivity index is 2.90. The van der Waals surface area contributed by atoms with Crippen molar-refractivity contribution in [2.45, 2.75) is 46.0 Å². The van der Waals surface area contributed by atoms with Gasteiger partial charge in [0.2, 0.25) is 0 Å². The predicted octanol–water partition coefficient (Wildman–Crippen LogP) is 3.55. The van der Waals surface area contributed by atoms with Gasteiger partial charge >= 0.3 is 0 Å². The molecule has 0 aliphatic heterocycles. The summed E-state index contributed by atoms with van der Waals surface area (Å²) in [5.41, 5.74) is 2.92. The van der Waals surface area contributed by atoms with Crippen LogP contribution in [-0.4, -0.2) is 4.98 Å². The lowest BCUT2D eigenvalue weighted by Crippen LogP contribution is -1.99. The maximum atomic E-state index is 4.20. The first-order valence-electron chi connectivity index (χ1n) is 5.22. The number of aromatic nitrogens is 1. The first-order valence-corrected chi connectivity index (χ1v) is 5.22. The molecule has 1 atom stereocenters. The zero-order valence-corrected chi connectivity index (χ0v) is 8.88. The Morgan fingerprint density at radius 1 is 1.38 bits per heavy atom. The molecule has 1 nitrogen and oxygen atoms in total. The minimum Gasteiger partial charge on any atom is -0.264 e. The summed E-state index contributed by atoms with van der Waals surface area (Å²) in [7, 11) is 0. The standard InChI is InChI=1S/C12H19N/c1-4-6-11-7-8-13-9-12(11)10(3)5-2/h7-10H,4-6H2,1-3H3. The third-order valence-electron chi connectivity index (χ3n) is 2.61. The summed E-state index contributed by atoms with van der Waals surface area (Å²) in [6.45, 7) is 6.73. The fraction of sp³-hybridized carbons (Fsp3) is 0.583. The summed E-state index contributed by atoms with van der Waals surface area (Å²) in [6, 6.07) is 2.16. The van der Waals surface area contributed by atoms with Gasteiger partial charge in [0.25, 0.3) is 0 Å². The van der Waals surface area contributed by atoms with Crippen LogP contribution in [0.4, 0.5) is 0 Å². The van der Waals surface area contributed by atoms with Crippen molar-refractivity contribution in [3.8, 4) is 0 Å². The van der Waals surface area contributed by atoms with E-state index in [2.05, 4.69) is 31.8 Å². The van der Waals surface area contributed by atoms with Gasteiger partial charge in [-0.05, 0) is 36.0 Å². The molecule has 1 unspecified atom stereocenters. The number of hydrogen-bond acceptors (Lipinski definition) is 1. The molecule has 1 heterocycles. The van der Waals surface area contributed by atoms with E-state index in [0.29, 0.717) is 5.92 Å². The minimum atomic E-state index is 0.648. The molecule has 0 fully saturated rings. The smallest absolute Gasteiger partial charge is 0.0305 e. The lowest BCUT2D eigenvalue weighted by atomic mass is 9.94. The van der Waals surface area contributed by atoms with Crippen molar-refractivity contribution >= 4 is 0 Å². The van der Waals surface area contributed by atoms with Gasteiger partial charge in [0.15, 0.2) is 0 Å². The van der Waals surface area contributed by atoms with Gasteiger partial charge in [0.1, 0.15) is 0 Å². The van der Waals surface area contributed by atoms with Crippen molar-refractivity contribution in [2.75, 3.05) is 0 Å². The maximum Gasteiger partial charge on any atom is 0.0305 e. The van der Waals surface area contributed by atoms with Crippen molar-refractivity contribution < 1.29 is 0 Å². The van der Waals surface area contributed by atoms with E-state index in [1.807, 2.05) is 12.4 Å². The quantitative estimate of drug-likeness (QED) is 0.685. The molecule has 0 saturated heterocycles. The van der Waals surface area contributed by atoms with E-state index in [9.17, 15) is 0 Å². The Hall–Kier alpha value is -0.850. The molecule has 0 radical (unpaired) electrons. The third kappa shape index (κ3) is 2.55. The molecular weight excluding hydrogens is 158 g/mol. The van der Waals surface area contributed by atoms with E-state index in [1.54, 1.807) is 0 Å². The van der Waals surface area contributed by atoms with Gasteiger partial charge in [-0.25, -0.2) is 0 Å². The van der Waals surface area contributed by atoms with Gasteiger partial charge in [-0.15, -0.1) is 0 Å². The van der Waals surface area contributed by atoms with Crippen LogP contribution in [0.25, 0.3) is 0 Å². The van der Waals surface area contributed by atoms with Crippen LogP contribution in [0.3, 0.4) is 0 Å².